The summed E-state index contributed by atoms with van der Waals surface area (Å²) in [5, 5.41) is 0.767. The van der Waals surface area contributed by atoms with Crippen LogP contribution in [-0.2, 0) is 17.3 Å². The number of carbonyl (C=O) groups excluding carboxylic acids is 1. The number of benzene rings is 3. The van der Waals surface area contributed by atoms with Crippen LogP contribution in [0.1, 0.15) is 34.1 Å². The van der Waals surface area contributed by atoms with Crippen LogP contribution in [-0.4, -0.2) is 24.7 Å². The van der Waals surface area contributed by atoms with Crippen molar-refractivity contribution in [3.63, 3.8) is 0 Å². The minimum Gasteiger partial charge on any atom is -0.497 e. The molecule has 1 N–H and O–H groups in total. The lowest BCUT2D eigenvalue weighted by molar-refractivity contribution is -0.137. The molecule has 1 heterocycles. The molecule has 0 unspecified atom stereocenters. The molecule has 0 spiro atoms. The van der Waals surface area contributed by atoms with Crippen LogP contribution < -0.4 is 4.74 Å². The molecular formula is C26H22F3NO3. The summed E-state index contributed by atoms with van der Waals surface area (Å²) in [4.78, 5) is 15.9. The van der Waals surface area contributed by atoms with E-state index in [0.29, 0.717) is 28.1 Å². The summed E-state index contributed by atoms with van der Waals surface area (Å²) in [6.45, 7) is 1.94. The average Bonchev–Trinajstić information content (AvgIpc) is 3.20. The summed E-state index contributed by atoms with van der Waals surface area (Å²) in [6, 6.07) is 18.1. The molecule has 0 aliphatic carbocycles. The van der Waals surface area contributed by atoms with Crippen molar-refractivity contribution in [2.75, 3.05) is 13.7 Å². The number of H-pyrrole nitrogens is 1. The molecule has 7 heteroatoms. The van der Waals surface area contributed by atoms with E-state index in [4.69, 9.17) is 9.47 Å². The molecule has 1 aromatic heterocycles. The molecule has 0 bridgehead atoms. The third-order valence-corrected chi connectivity index (χ3v) is 5.42. The highest BCUT2D eigenvalue weighted by Crippen LogP contribution is 2.37. The third kappa shape index (κ3) is 4.58. The van der Waals surface area contributed by atoms with Gasteiger partial charge in [-0.2, -0.15) is 13.2 Å². The van der Waals surface area contributed by atoms with Gasteiger partial charge < -0.3 is 14.5 Å². The highest BCUT2D eigenvalue weighted by Gasteiger charge is 2.30. The number of esters is 1. The maximum absolute atomic E-state index is 13.2. The van der Waals surface area contributed by atoms with E-state index in [1.165, 1.54) is 6.07 Å². The molecule has 0 radical (unpaired) electrons. The van der Waals surface area contributed by atoms with Crippen LogP contribution in [0.2, 0.25) is 0 Å². The van der Waals surface area contributed by atoms with Crippen molar-refractivity contribution in [3.8, 4) is 16.9 Å². The first-order valence-electron chi connectivity index (χ1n) is 10.4. The molecule has 0 saturated heterocycles. The van der Waals surface area contributed by atoms with Gasteiger partial charge in [0.05, 0.1) is 19.3 Å². The largest absolute Gasteiger partial charge is 0.497 e. The van der Waals surface area contributed by atoms with Crippen LogP contribution in [0.5, 0.6) is 5.75 Å². The predicted octanol–water partition coefficient (Wildman–Crippen LogP) is 6.63. The van der Waals surface area contributed by atoms with Gasteiger partial charge in [-0.1, -0.05) is 42.5 Å². The maximum Gasteiger partial charge on any atom is 0.416 e. The molecule has 0 aliphatic heterocycles. The van der Waals surface area contributed by atoms with Gasteiger partial charge in [-0.3, -0.25) is 0 Å². The molecule has 0 aliphatic rings. The zero-order chi connectivity index (χ0) is 23.6. The molecule has 0 amide bonds. The minimum atomic E-state index is -4.42. The first-order chi connectivity index (χ1) is 15.8. The zero-order valence-corrected chi connectivity index (χ0v) is 18.1. The zero-order valence-electron chi connectivity index (χ0n) is 18.1. The molecule has 4 nitrogen and oxygen atoms in total. The quantitative estimate of drug-likeness (QED) is 0.334. The number of aromatic amines is 1. The van der Waals surface area contributed by atoms with Crippen LogP contribution in [0, 0.1) is 0 Å². The molecule has 4 rings (SSSR count). The summed E-state index contributed by atoms with van der Waals surface area (Å²) < 4.78 is 50.1. The highest BCUT2D eigenvalue weighted by atomic mass is 19.4. The summed E-state index contributed by atoms with van der Waals surface area (Å²) >= 11 is 0. The highest BCUT2D eigenvalue weighted by molar-refractivity contribution is 6.09. The van der Waals surface area contributed by atoms with E-state index < -0.39 is 17.7 Å². The van der Waals surface area contributed by atoms with Gasteiger partial charge in [0.2, 0.25) is 0 Å². The second-order valence-corrected chi connectivity index (χ2v) is 7.54. The SMILES string of the molecule is CCOC(=O)c1[nH]c2cccc(Cc3cccc(C(F)(F)F)c3)c2c1-c1ccc(OC)cc1. The first-order valence-corrected chi connectivity index (χ1v) is 10.4. The number of hydrogen-bond donors (Lipinski definition) is 1. The average molecular weight is 453 g/mol. The standard InChI is InChI=1S/C26H22F3NO3/c1-3-33-25(31)24-23(17-10-12-20(32-2)13-11-17)22-18(7-5-9-21(22)30-24)14-16-6-4-8-19(15-16)26(27,28)29/h4-13,15,30H,3,14H2,1-2H3. The summed E-state index contributed by atoms with van der Waals surface area (Å²) in [5.41, 5.74) is 3.04. The molecule has 0 saturated carbocycles. The third-order valence-electron chi connectivity index (χ3n) is 5.42. The van der Waals surface area contributed by atoms with Gasteiger partial charge in [-0.15, -0.1) is 0 Å². The van der Waals surface area contributed by atoms with Gasteiger partial charge in [-0.25, -0.2) is 4.79 Å². The summed E-state index contributed by atoms with van der Waals surface area (Å²) in [5.74, 6) is 0.171. The van der Waals surface area contributed by atoms with Crippen LogP contribution in [0.25, 0.3) is 22.0 Å². The number of fused-ring (bicyclic) bond motifs is 1. The number of carbonyl (C=O) groups is 1. The van der Waals surface area contributed by atoms with Crippen molar-refractivity contribution in [2.24, 2.45) is 0 Å². The minimum absolute atomic E-state index is 0.216. The van der Waals surface area contributed by atoms with Gasteiger partial charge in [0.15, 0.2) is 0 Å². The van der Waals surface area contributed by atoms with Gasteiger partial charge in [-0.05, 0) is 54.3 Å². The van der Waals surface area contributed by atoms with E-state index in [2.05, 4.69) is 4.98 Å². The van der Waals surface area contributed by atoms with Crippen LogP contribution in [0.15, 0.2) is 66.7 Å². The fourth-order valence-electron chi connectivity index (χ4n) is 3.95. The fraction of sp³-hybridized carbons (Fsp3) is 0.192. The maximum atomic E-state index is 13.2. The van der Waals surface area contributed by atoms with E-state index in [1.807, 2.05) is 30.3 Å². The number of aromatic nitrogens is 1. The first kappa shape index (κ1) is 22.5. The van der Waals surface area contributed by atoms with Crippen LogP contribution >= 0.6 is 0 Å². The number of nitrogens with one attached hydrogen (secondary N) is 1. The Morgan fingerprint density at radius 3 is 2.39 bits per heavy atom. The number of alkyl halides is 3. The van der Waals surface area contributed by atoms with Crippen molar-refractivity contribution in [1.82, 2.24) is 4.98 Å². The Hall–Kier alpha value is -3.74. The topological polar surface area (TPSA) is 51.3 Å². The number of hydrogen-bond acceptors (Lipinski definition) is 3. The number of methoxy groups -OCH3 is 1. The molecule has 3 aromatic carbocycles. The van der Waals surface area contributed by atoms with E-state index in [9.17, 15) is 18.0 Å². The van der Waals surface area contributed by atoms with E-state index in [0.717, 1.165) is 28.6 Å². The molecule has 0 atom stereocenters. The Kier molecular flexibility index (Phi) is 6.14. The Morgan fingerprint density at radius 1 is 1.00 bits per heavy atom. The van der Waals surface area contributed by atoms with E-state index in [-0.39, 0.29) is 13.0 Å². The molecule has 170 valence electrons. The van der Waals surface area contributed by atoms with Crippen molar-refractivity contribution in [3.05, 3.63) is 89.1 Å². The van der Waals surface area contributed by atoms with Crippen LogP contribution in [0.3, 0.4) is 0 Å². The number of halogens is 3. The lowest BCUT2D eigenvalue weighted by Gasteiger charge is -2.11. The van der Waals surface area contributed by atoms with E-state index in [1.54, 1.807) is 32.2 Å². The second kappa shape index (κ2) is 9.02. The van der Waals surface area contributed by atoms with Gasteiger partial charge >= 0.3 is 12.1 Å². The van der Waals surface area contributed by atoms with Gasteiger partial charge in [0.1, 0.15) is 11.4 Å². The van der Waals surface area contributed by atoms with Crippen molar-refractivity contribution < 1.29 is 27.4 Å². The lowest BCUT2D eigenvalue weighted by Crippen LogP contribution is -2.06. The molecule has 33 heavy (non-hydrogen) atoms. The van der Waals surface area contributed by atoms with Crippen molar-refractivity contribution in [1.29, 1.82) is 0 Å². The van der Waals surface area contributed by atoms with Gasteiger partial charge in [0.25, 0.3) is 0 Å². The number of rotatable bonds is 6. The van der Waals surface area contributed by atoms with Crippen molar-refractivity contribution in [2.45, 2.75) is 19.5 Å². The molecule has 0 fully saturated rings. The molecule has 4 aromatic rings. The predicted molar refractivity (Wildman–Crippen MR) is 120 cm³/mol. The number of ether oxygens (including phenoxy) is 2. The van der Waals surface area contributed by atoms with Crippen LogP contribution in [0.4, 0.5) is 13.2 Å². The normalized spacial score (nSPS) is 11.5. The summed E-state index contributed by atoms with van der Waals surface area (Å²) in [6.07, 6.45) is -4.15. The smallest absolute Gasteiger partial charge is 0.416 e. The monoisotopic (exact) mass is 453 g/mol. The Bertz CT molecular complexity index is 1290. The van der Waals surface area contributed by atoms with Gasteiger partial charge in [0, 0.05) is 16.5 Å². The molecular weight excluding hydrogens is 431 g/mol. The Balaban J connectivity index is 1.89. The fourth-order valence-corrected chi connectivity index (χ4v) is 3.95. The summed E-state index contributed by atoms with van der Waals surface area (Å²) in [7, 11) is 1.57. The lowest BCUT2D eigenvalue weighted by atomic mass is 9.94. The van der Waals surface area contributed by atoms with Crippen molar-refractivity contribution >= 4 is 16.9 Å². The Morgan fingerprint density at radius 2 is 1.73 bits per heavy atom. The Labute approximate surface area is 189 Å². The second-order valence-electron chi connectivity index (χ2n) is 7.54. The van der Waals surface area contributed by atoms with E-state index >= 15 is 0 Å².